The van der Waals surface area contributed by atoms with Crippen molar-refractivity contribution in [1.82, 2.24) is 4.90 Å². The third-order valence-electron chi connectivity index (χ3n) is 4.67. The van der Waals surface area contributed by atoms with E-state index in [1.807, 2.05) is 18.1 Å². The zero-order valence-corrected chi connectivity index (χ0v) is 12.8. The van der Waals surface area contributed by atoms with E-state index in [-0.39, 0.29) is 24.2 Å². The predicted octanol–water partition coefficient (Wildman–Crippen LogP) is 1.61. The molecule has 2 atom stereocenters. The second-order valence-electron chi connectivity index (χ2n) is 5.98. The molecule has 0 spiro atoms. The molecule has 1 aromatic carbocycles. The summed E-state index contributed by atoms with van der Waals surface area (Å²) in [6.07, 6.45) is 2.55. The van der Waals surface area contributed by atoms with Crippen molar-refractivity contribution < 1.29 is 19.5 Å². The normalized spacial score (nSPS) is 21.2. The van der Waals surface area contributed by atoms with E-state index in [1.165, 1.54) is 17.4 Å². The summed E-state index contributed by atoms with van der Waals surface area (Å²) < 4.78 is 0. The van der Waals surface area contributed by atoms with Crippen LogP contribution in [0.1, 0.15) is 47.2 Å². The molecule has 0 fully saturated rings. The molecule has 0 aliphatic heterocycles. The Hall–Kier alpha value is -2.61. The van der Waals surface area contributed by atoms with Gasteiger partial charge in [0.1, 0.15) is 0 Å². The SMILES string of the molecule is CC(=O)N(CC#CC(=O)O)C1CC2CCc3cccc(c32)C1=O. The van der Waals surface area contributed by atoms with Crippen LogP contribution in [0.3, 0.4) is 0 Å². The molecule has 0 aromatic heterocycles. The van der Waals surface area contributed by atoms with Crippen LogP contribution in [0.25, 0.3) is 0 Å². The van der Waals surface area contributed by atoms with Gasteiger partial charge < -0.3 is 10.0 Å². The number of rotatable bonds is 2. The summed E-state index contributed by atoms with van der Waals surface area (Å²) >= 11 is 0. The van der Waals surface area contributed by atoms with E-state index in [2.05, 4.69) is 12.0 Å². The second-order valence-corrected chi connectivity index (χ2v) is 5.98. The molecule has 0 radical (unpaired) electrons. The predicted molar refractivity (Wildman–Crippen MR) is 83.0 cm³/mol. The molecule has 5 nitrogen and oxygen atoms in total. The zero-order valence-electron chi connectivity index (χ0n) is 12.8. The molecule has 1 N–H and O–H groups in total. The first kappa shape index (κ1) is 15.3. The summed E-state index contributed by atoms with van der Waals surface area (Å²) in [6.45, 7) is 1.34. The maximum absolute atomic E-state index is 12.8. The lowest BCUT2D eigenvalue weighted by molar-refractivity contribution is -0.131. The number of hydrogen-bond donors (Lipinski definition) is 1. The molecule has 1 amide bonds. The highest BCUT2D eigenvalue weighted by molar-refractivity contribution is 6.04. The number of carboxylic acids is 1. The monoisotopic (exact) mass is 311 g/mol. The van der Waals surface area contributed by atoms with Crippen LogP contribution in [-0.2, 0) is 16.0 Å². The Bertz CT molecular complexity index is 756. The molecule has 0 bridgehead atoms. The largest absolute Gasteiger partial charge is 0.472 e. The van der Waals surface area contributed by atoms with Gasteiger partial charge in [0, 0.05) is 18.4 Å². The van der Waals surface area contributed by atoms with E-state index in [1.54, 1.807) is 0 Å². The smallest absolute Gasteiger partial charge is 0.381 e. The van der Waals surface area contributed by atoms with E-state index in [0.29, 0.717) is 12.0 Å². The maximum atomic E-state index is 12.8. The Labute approximate surface area is 134 Å². The van der Waals surface area contributed by atoms with Crippen LogP contribution < -0.4 is 0 Å². The van der Waals surface area contributed by atoms with E-state index < -0.39 is 12.0 Å². The van der Waals surface area contributed by atoms with Crippen molar-refractivity contribution in [2.24, 2.45) is 0 Å². The molecule has 118 valence electrons. The number of carbonyl (C=O) groups excluding carboxylic acids is 2. The van der Waals surface area contributed by atoms with Crippen LogP contribution in [-0.4, -0.2) is 40.3 Å². The Morgan fingerprint density at radius 2 is 2.17 bits per heavy atom. The van der Waals surface area contributed by atoms with Crippen LogP contribution in [0.5, 0.6) is 0 Å². The van der Waals surface area contributed by atoms with Crippen LogP contribution in [0, 0.1) is 11.8 Å². The average Bonchev–Trinajstić information content (AvgIpc) is 2.91. The third-order valence-corrected chi connectivity index (χ3v) is 4.67. The summed E-state index contributed by atoms with van der Waals surface area (Å²) in [5.74, 6) is 3.18. The van der Waals surface area contributed by atoms with Crippen molar-refractivity contribution in [2.45, 2.75) is 38.1 Å². The first-order valence-corrected chi connectivity index (χ1v) is 7.64. The van der Waals surface area contributed by atoms with Gasteiger partial charge in [-0.05, 0) is 36.3 Å². The number of carboxylic acid groups (broad SMARTS) is 1. The fraction of sp³-hybridized carbons (Fsp3) is 0.389. The zero-order chi connectivity index (χ0) is 16.6. The van der Waals surface area contributed by atoms with E-state index >= 15 is 0 Å². The van der Waals surface area contributed by atoms with Crippen molar-refractivity contribution in [3.63, 3.8) is 0 Å². The van der Waals surface area contributed by atoms with Gasteiger partial charge in [0.15, 0.2) is 5.78 Å². The Balaban J connectivity index is 1.92. The van der Waals surface area contributed by atoms with Crippen LogP contribution >= 0.6 is 0 Å². The fourth-order valence-electron chi connectivity index (χ4n) is 3.70. The van der Waals surface area contributed by atoms with E-state index in [9.17, 15) is 14.4 Å². The van der Waals surface area contributed by atoms with Crippen molar-refractivity contribution in [1.29, 1.82) is 0 Å². The molecular formula is C18H17NO4. The number of carbonyl (C=O) groups is 3. The standard InChI is InChI=1S/C18H17NO4/c1-11(20)19(9-3-6-16(21)22)15-10-13-8-7-12-4-2-5-14(17(12)13)18(15)23/h2,4-5,13,15H,7-10H2,1H3,(H,21,22). The van der Waals surface area contributed by atoms with E-state index in [0.717, 1.165) is 18.4 Å². The number of amides is 1. The van der Waals surface area contributed by atoms with Crippen LogP contribution in [0.4, 0.5) is 0 Å². The molecule has 0 saturated carbocycles. The average molecular weight is 311 g/mol. The lowest BCUT2D eigenvalue weighted by atomic mass is 9.79. The molecule has 2 aliphatic carbocycles. The Morgan fingerprint density at radius 1 is 1.39 bits per heavy atom. The van der Waals surface area contributed by atoms with Crippen molar-refractivity contribution in [2.75, 3.05) is 6.54 Å². The maximum Gasteiger partial charge on any atom is 0.381 e. The first-order valence-electron chi connectivity index (χ1n) is 7.64. The van der Waals surface area contributed by atoms with Gasteiger partial charge in [0.25, 0.3) is 0 Å². The number of ketones is 1. The van der Waals surface area contributed by atoms with Gasteiger partial charge in [-0.1, -0.05) is 24.1 Å². The number of aliphatic carboxylic acids is 1. The minimum absolute atomic E-state index is 0.0419. The topological polar surface area (TPSA) is 74.7 Å². The van der Waals surface area contributed by atoms with Crippen molar-refractivity contribution >= 4 is 17.7 Å². The van der Waals surface area contributed by atoms with Gasteiger partial charge in [-0.3, -0.25) is 9.59 Å². The summed E-state index contributed by atoms with van der Waals surface area (Å²) in [5.41, 5.74) is 3.09. The number of Topliss-reactive ketones (excluding diaryl/α,β-unsaturated/α-hetero) is 1. The Morgan fingerprint density at radius 3 is 2.87 bits per heavy atom. The molecule has 23 heavy (non-hydrogen) atoms. The lowest BCUT2D eigenvalue weighted by Gasteiger charge is -2.35. The second kappa shape index (κ2) is 5.88. The molecule has 3 rings (SSSR count). The van der Waals surface area contributed by atoms with E-state index in [4.69, 9.17) is 5.11 Å². The molecule has 0 heterocycles. The van der Waals surface area contributed by atoms with Gasteiger partial charge in [-0.25, -0.2) is 4.79 Å². The summed E-state index contributed by atoms with van der Waals surface area (Å²) in [7, 11) is 0. The highest BCUT2D eigenvalue weighted by Gasteiger charge is 2.40. The molecule has 2 aliphatic rings. The molecular weight excluding hydrogens is 294 g/mol. The summed E-state index contributed by atoms with van der Waals surface area (Å²) in [6, 6.07) is 5.22. The van der Waals surface area contributed by atoms with Crippen LogP contribution in [0.15, 0.2) is 18.2 Å². The molecule has 0 saturated heterocycles. The molecule has 1 aromatic rings. The molecule has 2 unspecified atom stereocenters. The minimum atomic E-state index is -1.24. The number of hydrogen-bond acceptors (Lipinski definition) is 3. The fourth-order valence-corrected chi connectivity index (χ4v) is 3.70. The number of nitrogens with zero attached hydrogens (tertiary/aromatic N) is 1. The molecule has 5 heteroatoms. The van der Waals surface area contributed by atoms with Gasteiger partial charge in [0.05, 0.1) is 12.6 Å². The number of aryl methyl sites for hydroxylation is 1. The first-order chi connectivity index (χ1) is 11.0. The quantitative estimate of drug-likeness (QED) is 0.842. The lowest BCUT2D eigenvalue weighted by Crippen LogP contribution is -2.47. The van der Waals surface area contributed by atoms with Gasteiger partial charge in [-0.15, -0.1) is 0 Å². The van der Waals surface area contributed by atoms with Gasteiger partial charge in [-0.2, -0.15) is 0 Å². The highest BCUT2D eigenvalue weighted by atomic mass is 16.4. The number of benzene rings is 1. The van der Waals surface area contributed by atoms with Gasteiger partial charge >= 0.3 is 5.97 Å². The minimum Gasteiger partial charge on any atom is -0.472 e. The van der Waals surface area contributed by atoms with Crippen molar-refractivity contribution in [3.05, 3.63) is 34.9 Å². The van der Waals surface area contributed by atoms with Gasteiger partial charge in [0.2, 0.25) is 5.91 Å². The summed E-state index contributed by atoms with van der Waals surface area (Å²) in [5, 5.41) is 8.60. The van der Waals surface area contributed by atoms with Crippen LogP contribution in [0.2, 0.25) is 0 Å². The van der Waals surface area contributed by atoms with Crippen molar-refractivity contribution in [3.8, 4) is 11.8 Å². The summed E-state index contributed by atoms with van der Waals surface area (Å²) in [4.78, 5) is 36.7. The Kier molecular flexibility index (Phi) is 3.91. The highest BCUT2D eigenvalue weighted by Crippen LogP contribution is 2.43. The third kappa shape index (κ3) is 2.72.